The average Bonchev–Trinajstić information content (AvgIpc) is 2.84. The fraction of sp³-hybridized carbons (Fsp3) is 0.462. The van der Waals surface area contributed by atoms with Crippen LogP contribution in [0.1, 0.15) is 28.0 Å². The van der Waals surface area contributed by atoms with Gasteiger partial charge in [-0.05, 0) is 25.0 Å². The number of carbonyl (C=O) groups excluding carboxylic acids is 1. The number of rotatable bonds is 2. The highest BCUT2D eigenvalue weighted by atomic mass is 35.5. The number of alkyl halides is 3. The lowest BCUT2D eigenvalue weighted by Crippen LogP contribution is -2.38. The largest absolute Gasteiger partial charge is 0.465 e. The summed E-state index contributed by atoms with van der Waals surface area (Å²) in [5, 5.41) is 10.4. The van der Waals surface area contributed by atoms with Crippen LogP contribution in [0.3, 0.4) is 0 Å². The number of nitrogens with zero attached hydrogens (tertiary/aromatic N) is 2. The number of likely N-dealkylation sites (tertiary alicyclic amines) is 1. The summed E-state index contributed by atoms with van der Waals surface area (Å²) >= 11 is 5.77. The second-order valence-electron chi connectivity index (χ2n) is 5.17. The number of carbonyl (C=O) groups is 2. The van der Waals surface area contributed by atoms with Crippen LogP contribution in [0.15, 0.2) is 6.07 Å². The molecule has 0 spiro atoms. The van der Waals surface area contributed by atoms with Gasteiger partial charge in [-0.25, -0.2) is 9.78 Å². The van der Waals surface area contributed by atoms with Crippen LogP contribution >= 0.6 is 11.6 Å². The smallest absolute Gasteiger partial charge is 0.433 e. The molecular weight excluding hydrogens is 339 g/mol. The summed E-state index contributed by atoms with van der Waals surface area (Å²) in [7, 11) is 0. The maximum absolute atomic E-state index is 12.7. The summed E-state index contributed by atoms with van der Waals surface area (Å²) in [4.78, 5) is 27.6. The summed E-state index contributed by atoms with van der Waals surface area (Å²) in [5.74, 6) is -0.566. The van der Waals surface area contributed by atoms with Gasteiger partial charge in [-0.2, -0.15) is 13.2 Å². The molecule has 1 atom stereocenters. The van der Waals surface area contributed by atoms with Gasteiger partial charge in [-0.1, -0.05) is 11.6 Å². The average molecular weight is 352 g/mol. The molecule has 0 unspecified atom stereocenters. The number of aromatic nitrogens is 1. The minimum absolute atomic E-state index is 0.0666. The topological polar surface area (TPSA) is 82.5 Å². The van der Waals surface area contributed by atoms with Crippen molar-refractivity contribution in [2.24, 2.45) is 0 Å². The van der Waals surface area contributed by atoms with E-state index in [0.29, 0.717) is 6.42 Å². The summed E-state index contributed by atoms with van der Waals surface area (Å²) in [6.07, 6.45) is -5.43. The number of pyridine rings is 1. The first-order chi connectivity index (χ1) is 10.6. The van der Waals surface area contributed by atoms with Crippen LogP contribution in [0.2, 0.25) is 5.15 Å². The van der Waals surface area contributed by atoms with Crippen LogP contribution in [0.4, 0.5) is 18.0 Å². The van der Waals surface area contributed by atoms with E-state index in [-0.39, 0.29) is 24.2 Å². The Morgan fingerprint density at radius 1 is 1.48 bits per heavy atom. The van der Waals surface area contributed by atoms with Crippen LogP contribution < -0.4 is 5.32 Å². The number of carboxylic acid groups (broad SMARTS) is 1. The third-order valence-electron chi connectivity index (χ3n) is 3.48. The molecule has 2 amide bonds. The van der Waals surface area contributed by atoms with E-state index in [9.17, 15) is 22.8 Å². The molecule has 0 radical (unpaired) electrons. The molecule has 1 aliphatic heterocycles. The highest BCUT2D eigenvalue weighted by Gasteiger charge is 2.35. The van der Waals surface area contributed by atoms with Crippen LogP contribution in [0.5, 0.6) is 0 Å². The number of aryl methyl sites for hydroxylation is 1. The van der Waals surface area contributed by atoms with Gasteiger partial charge >= 0.3 is 12.3 Å². The number of hydrogen-bond donors (Lipinski definition) is 2. The predicted molar refractivity (Wildman–Crippen MR) is 74.5 cm³/mol. The standard InChI is InChI=1S/C13H13ClF3N3O3/c1-6-4-8(13(15,16)17)19-10(14)9(6)11(21)20-3-2-7(5-20)18-12(22)23/h4,7,18H,2-3,5H2,1H3,(H,22,23)/t7-/m0/s1. The fourth-order valence-electron chi connectivity index (χ4n) is 2.43. The minimum atomic E-state index is -4.65. The molecule has 1 fully saturated rings. The predicted octanol–water partition coefficient (Wildman–Crippen LogP) is 2.54. The Labute approximate surface area is 134 Å². The van der Waals surface area contributed by atoms with Crippen molar-refractivity contribution in [2.45, 2.75) is 25.6 Å². The molecule has 1 aliphatic rings. The van der Waals surface area contributed by atoms with E-state index in [1.54, 1.807) is 0 Å². The molecule has 1 aromatic heterocycles. The van der Waals surface area contributed by atoms with Gasteiger partial charge in [0.25, 0.3) is 5.91 Å². The number of amides is 2. The summed E-state index contributed by atoms with van der Waals surface area (Å²) < 4.78 is 38.0. The normalized spacial score (nSPS) is 18.1. The van der Waals surface area contributed by atoms with Crippen LogP contribution in [-0.2, 0) is 6.18 Å². The van der Waals surface area contributed by atoms with E-state index in [1.807, 2.05) is 0 Å². The third kappa shape index (κ3) is 3.84. The van der Waals surface area contributed by atoms with Crippen molar-refractivity contribution < 1.29 is 27.9 Å². The zero-order chi connectivity index (χ0) is 17.4. The number of hydrogen-bond acceptors (Lipinski definition) is 3. The Kier molecular flexibility index (Phi) is 4.69. The lowest BCUT2D eigenvalue weighted by atomic mass is 10.1. The molecule has 1 aromatic rings. The van der Waals surface area contributed by atoms with Gasteiger partial charge in [-0.3, -0.25) is 4.79 Å². The Morgan fingerprint density at radius 3 is 2.65 bits per heavy atom. The van der Waals surface area contributed by atoms with Gasteiger partial charge in [0.05, 0.1) is 11.6 Å². The van der Waals surface area contributed by atoms with Crippen molar-refractivity contribution in [3.63, 3.8) is 0 Å². The fourth-order valence-corrected chi connectivity index (χ4v) is 2.75. The molecule has 0 aliphatic carbocycles. The summed E-state index contributed by atoms with van der Waals surface area (Å²) in [5.41, 5.74) is -1.20. The van der Waals surface area contributed by atoms with Crippen LogP contribution in [0.25, 0.3) is 0 Å². The molecule has 2 N–H and O–H groups in total. The second-order valence-corrected chi connectivity index (χ2v) is 5.53. The quantitative estimate of drug-likeness (QED) is 0.802. The SMILES string of the molecule is Cc1cc(C(F)(F)F)nc(Cl)c1C(=O)N1CC[C@H](NC(=O)O)C1. The van der Waals surface area contributed by atoms with E-state index in [2.05, 4.69) is 10.3 Å². The third-order valence-corrected chi connectivity index (χ3v) is 3.75. The molecular formula is C13H13ClF3N3O3. The van der Waals surface area contributed by atoms with Crippen molar-refractivity contribution in [3.05, 3.63) is 28.0 Å². The molecule has 23 heavy (non-hydrogen) atoms. The molecule has 0 aromatic carbocycles. The Bertz CT molecular complexity index is 628. The molecule has 0 bridgehead atoms. The van der Waals surface area contributed by atoms with Crippen LogP contribution in [0, 0.1) is 6.92 Å². The Morgan fingerprint density at radius 2 is 2.13 bits per heavy atom. The first-order valence-corrected chi connectivity index (χ1v) is 7.00. The van der Waals surface area contributed by atoms with Gasteiger partial charge in [0.1, 0.15) is 10.8 Å². The van der Waals surface area contributed by atoms with Crippen molar-refractivity contribution >= 4 is 23.6 Å². The first kappa shape index (κ1) is 17.3. The number of halogens is 4. The zero-order valence-corrected chi connectivity index (χ0v) is 12.7. The van der Waals surface area contributed by atoms with Crippen molar-refractivity contribution in [1.82, 2.24) is 15.2 Å². The van der Waals surface area contributed by atoms with E-state index in [0.717, 1.165) is 6.07 Å². The van der Waals surface area contributed by atoms with Crippen molar-refractivity contribution in [3.8, 4) is 0 Å². The van der Waals surface area contributed by atoms with E-state index < -0.39 is 35.1 Å². The molecule has 126 valence electrons. The maximum Gasteiger partial charge on any atom is 0.433 e. The van der Waals surface area contributed by atoms with Crippen molar-refractivity contribution in [2.75, 3.05) is 13.1 Å². The van der Waals surface area contributed by atoms with Crippen molar-refractivity contribution in [1.29, 1.82) is 0 Å². The van der Waals surface area contributed by atoms with Gasteiger partial charge in [0.2, 0.25) is 0 Å². The monoisotopic (exact) mass is 351 g/mol. The van der Waals surface area contributed by atoms with E-state index in [1.165, 1.54) is 11.8 Å². The summed E-state index contributed by atoms with van der Waals surface area (Å²) in [6.45, 7) is 1.75. The van der Waals surface area contributed by atoms with Gasteiger partial charge in [-0.15, -0.1) is 0 Å². The Balaban J connectivity index is 2.22. The second kappa shape index (κ2) is 6.23. The molecule has 10 heteroatoms. The molecule has 2 rings (SSSR count). The molecule has 1 saturated heterocycles. The van der Waals surface area contributed by atoms with E-state index in [4.69, 9.17) is 16.7 Å². The van der Waals surface area contributed by atoms with Gasteiger partial charge in [0, 0.05) is 13.1 Å². The molecule has 2 heterocycles. The van der Waals surface area contributed by atoms with Gasteiger partial charge < -0.3 is 15.3 Å². The highest BCUT2D eigenvalue weighted by Crippen LogP contribution is 2.32. The minimum Gasteiger partial charge on any atom is -0.465 e. The highest BCUT2D eigenvalue weighted by molar-refractivity contribution is 6.32. The molecule has 6 nitrogen and oxygen atoms in total. The molecule has 0 saturated carbocycles. The van der Waals surface area contributed by atoms with Gasteiger partial charge in [0.15, 0.2) is 0 Å². The lowest BCUT2D eigenvalue weighted by molar-refractivity contribution is -0.141. The zero-order valence-electron chi connectivity index (χ0n) is 11.9. The van der Waals surface area contributed by atoms with Crippen LogP contribution in [-0.4, -0.2) is 46.1 Å². The van der Waals surface area contributed by atoms with E-state index >= 15 is 0 Å². The maximum atomic E-state index is 12.7. The summed E-state index contributed by atoms with van der Waals surface area (Å²) in [6, 6.07) is 0.347. The Hall–Kier alpha value is -2.03. The number of nitrogens with one attached hydrogen (secondary N) is 1. The lowest BCUT2D eigenvalue weighted by Gasteiger charge is -2.19. The first-order valence-electron chi connectivity index (χ1n) is 6.62.